The molecule has 0 spiro atoms. The standard InChI is InChI=1S/C15H21NO3S/c1-19-15(18)12-7-9-16(10-8-12)14(17)6-2-4-13-5-3-11-20-13/h3,5,11-12H,2,4,6-10H2,1H3. The van der Waals surface area contributed by atoms with Crippen LogP contribution in [0.25, 0.3) is 0 Å². The molecule has 1 fully saturated rings. The number of nitrogens with zero attached hydrogens (tertiary/aromatic N) is 1. The van der Waals surface area contributed by atoms with Crippen molar-refractivity contribution in [3.05, 3.63) is 22.4 Å². The fraction of sp³-hybridized carbons (Fsp3) is 0.600. The van der Waals surface area contributed by atoms with Crippen LogP contribution in [0.4, 0.5) is 0 Å². The molecule has 1 aromatic rings. The summed E-state index contributed by atoms with van der Waals surface area (Å²) in [6.45, 7) is 1.36. The van der Waals surface area contributed by atoms with Crippen molar-refractivity contribution in [1.82, 2.24) is 4.90 Å². The highest BCUT2D eigenvalue weighted by atomic mass is 32.1. The molecule has 4 nitrogen and oxygen atoms in total. The summed E-state index contributed by atoms with van der Waals surface area (Å²) in [4.78, 5) is 26.7. The molecule has 2 rings (SSSR count). The zero-order valence-electron chi connectivity index (χ0n) is 11.8. The van der Waals surface area contributed by atoms with E-state index >= 15 is 0 Å². The van der Waals surface area contributed by atoms with Crippen LogP contribution in [0.1, 0.15) is 30.6 Å². The fourth-order valence-corrected chi connectivity index (χ4v) is 3.31. The van der Waals surface area contributed by atoms with E-state index in [2.05, 4.69) is 11.4 Å². The molecular formula is C15H21NO3S. The molecule has 0 atom stereocenters. The van der Waals surface area contributed by atoms with Crippen LogP contribution < -0.4 is 0 Å². The molecule has 1 aliphatic rings. The zero-order chi connectivity index (χ0) is 14.4. The van der Waals surface area contributed by atoms with E-state index in [1.54, 1.807) is 11.3 Å². The summed E-state index contributed by atoms with van der Waals surface area (Å²) in [5.74, 6) is 0.0369. The van der Waals surface area contributed by atoms with Crippen LogP contribution in [-0.2, 0) is 20.7 Å². The number of ether oxygens (including phenoxy) is 1. The van der Waals surface area contributed by atoms with Crippen LogP contribution in [0.3, 0.4) is 0 Å². The van der Waals surface area contributed by atoms with Gasteiger partial charge in [0.15, 0.2) is 0 Å². The van der Waals surface area contributed by atoms with Crippen LogP contribution in [-0.4, -0.2) is 37.0 Å². The SMILES string of the molecule is COC(=O)C1CCN(C(=O)CCCc2cccs2)CC1. The molecule has 0 bridgehead atoms. The smallest absolute Gasteiger partial charge is 0.308 e. The molecule has 0 unspecified atom stereocenters. The van der Waals surface area contributed by atoms with Crippen LogP contribution in [0.5, 0.6) is 0 Å². The van der Waals surface area contributed by atoms with Crippen LogP contribution in [0.2, 0.25) is 0 Å². The highest BCUT2D eigenvalue weighted by Gasteiger charge is 2.27. The van der Waals surface area contributed by atoms with Crippen molar-refractivity contribution in [1.29, 1.82) is 0 Å². The van der Waals surface area contributed by atoms with Crippen LogP contribution in [0, 0.1) is 5.92 Å². The minimum absolute atomic E-state index is 0.0323. The van der Waals surface area contributed by atoms with Gasteiger partial charge in [-0.1, -0.05) is 6.07 Å². The number of aryl methyl sites for hydroxylation is 1. The second-order valence-electron chi connectivity index (χ2n) is 5.11. The Balaban J connectivity index is 1.68. The number of esters is 1. The van der Waals surface area contributed by atoms with Gasteiger partial charge in [0, 0.05) is 24.4 Å². The molecule has 0 radical (unpaired) electrons. The third-order valence-corrected chi connectivity index (χ3v) is 4.71. The molecule has 0 N–H and O–H groups in total. The maximum absolute atomic E-state index is 12.1. The number of amides is 1. The van der Waals surface area contributed by atoms with Gasteiger partial charge in [0.2, 0.25) is 5.91 Å². The summed E-state index contributed by atoms with van der Waals surface area (Å²) in [7, 11) is 1.42. The first-order chi connectivity index (χ1) is 9.70. The highest BCUT2D eigenvalue weighted by Crippen LogP contribution is 2.20. The predicted molar refractivity (Wildman–Crippen MR) is 78.6 cm³/mol. The number of hydrogen-bond donors (Lipinski definition) is 0. The molecule has 1 aliphatic heterocycles. The number of carbonyl (C=O) groups is 2. The number of rotatable bonds is 5. The second kappa shape index (κ2) is 7.43. The quantitative estimate of drug-likeness (QED) is 0.784. The molecule has 1 saturated heterocycles. The van der Waals surface area contributed by atoms with Crippen molar-refractivity contribution in [3.63, 3.8) is 0 Å². The van der Waals surface area contributed by atoms with Crippen LogP contribution >= 0.6 is 11.3 Å². The summed E-state index contributed by atoms with van der Waals surface area (Å²) in [5, 5.41) is 2.06. The van der Waals surface area contributed by atoms with Crippen molar-refractivity contribution in [2.24, 2.45) is 5.92 Å². The number of thiophene rings is 1. The van der Waals surface area contributed by atoms with E-state index in [9.17, 15) is 9.59 Å². The molecule has 0 aliphatic carbocycles. The molecule has 1 aromatic heterocycles. The largest absolute Gasteiger partial charge is 0.469 e. The topological polar surface area (TPSA) is 46.6 Å². The zero-order valence-corrected chi connectivity index (χ0v) is 12.7. The van der Waals surface area contributed by atoms with E-state index in [0.29, 0.717) is 19.5 Å². The van der Waals surface area contributed by atoms with E-state index in [1.807, 2.05) is 11.0 Å². The van der Waals surface area contributed by atoms with Gasteiger partial charge in [-0.2, -0.15) is 0 Å². The fourth-order valence-electron chi connectivity index (χ4n) is 2.56. The monoisotopic (exact) mass is 295 g/mol. The summed E-state index contributed by atoms with van der Waals surface area (Å²) < 4.78 is 4.75. The third-order valence-electron chi connectivity index (χ3n) is 3.78. The molecular weight excluding hydrogens is 274 g/mol. The first-order valence-corrected chi connectivity index (χ1v) is 7.96. The molecule has 2 heterocycles. The van der Waals surface area contributed by atoms with Crippen LogP contribution in [0.15, 0.2) is 17.5 Å². The van der Waals surface area contributed by atoms with Gasteiger partial charge >= 0.3 is 5.97 Å². The highest BCUT2D eigenvalue weighted by molar-refractivity contribution is 7.09. The minimum Gasteiger partial charge on any atom is -0.469 e. The average molecular weight is 295 g/mol. The lowest BCUT2D eigenvalue weighted by atomic mass is 9.96. The minimum atomic E-state index is -0.144. The number of methoxy groups -OCH3 is 1. The Morgan fingerprint density at radius 2 is 2.15 bits per heavy atom. The van der Waals surface area contributed by atoms with Crippen molar-refractivity contribution >= 4 is 23.2 Å². The van der Waals surface area contributed by atoms with Gasteiger partial charge in [0.25, 0.3) is 0 Å². The van der Waals surface area contributed by atoms with Crippen molar-refractivity contribution in [2.45, 2.75) is 32.1 Å². The van der Waals surface area contributed by atoms with Gasteiger partial charge in [-0.05, 0) is 37.1 Å². The first kappa shape index (κ1) is 15.0. The summed E-state index contributed by atoms with van der Waals surface area (Å²) in [6, 6.07) is 4.15. The molecule has 20 heavy (non-hydrogen) atoms. The van der Waals surface area contributed by atoms with Crippen molar-refractivity contribution in [2.75, 3.05) is 20.2 Å². The average Bonchev–Trinajstić information content (AvgIpc) is 2.99. The number of likely N-dealkylation sites (tertiary alicyclic amines) is 1. The van der Waals surface area contributed by atoms with Gasteiger partial charge in [-0.15, -0.1) is 11.3 Å². The lowest BCUT2D eigenvalue weighted by Crippen LogP contribution is -2.40. The maximum Gasteiger partial charge on any atom is 0.308 e. The van der Waals surface area contributed by atoms with Gasteiger partial charge in [-0.3, -0.25) is 9.59 Å². The first-order valence-electron chi connectivity index (χ1n) is 7.08. The van der Waals surface area contributed by atoms with E-state index in [-0.39, 0.29) is 17.8 Å². The van der Waals surface area contributed by atoms with Gasteiger partial charge < -0.3 is 9.64 Å². The Bertz CT molecular complexity index is 436. The molecule has 0 saturated carbocycles. The Kier molecular flexibility index (Phi) is 5.59. The number of carbonyl (C=O) groups excluding carboxylic acids is 2. The van der Waals surface area contributed by atoms with Crippen molar-refractivity contribution < 1.29 is 14.3 Å². The molecule has 110 valence electrons. The number of piperidine rings is 1. The lowest BCUT2D eigenvalue weighted by molar-refractivity contribution is -0.148. The Hall–Kier alpha value is -1.36. The van der Waals surface area contributed by atoms with Gasteiger partial charge in [0.1, 0.15) is 0 Å². The Morgan fingerprint density at radius 1 is 1.40 bits per heavy atom. The molecule has 5 heteroatoms. The second-order valence-corrected chi connectivity index (χ2v) is 6.14. The normalized spacial score (nSPS) is 16.1. The van der Waals surface area contributed by atoms with E-state index < -0.39 is 0 Å². The van der Waals surface area contributed by atoms with E-state index in [1.165, 1.54) is 12.0 Å². The Morgan fingerprint density at radius 3 is 2.75 bits per heavy atom. The van der Waals surface area contributed by atoms with E-state index in [0.717, 1.165) is 25.7 Å². The van der Waals surface area contributed by atoms with E-state index in [4.69, 9.17) is 4.74 Å². The predicted octanol–water partition coefficient (Wildman–Crippen LogP) is 2.48. The maximum atomic E-state index is 12.1. The molecule has 0 aromatic carbocycles. The third kappa shape index (κ3) is 4.07. The summed E-state index contributed by atoms with van der Waals surface area (Å²) in [5.41, 5.74) is 0. The lowest BCUT2D eigenvalue weighted by Gasteiger charge is -2.30. The van der Waals surface area contributed by atoms with Crippen molar-refractivity contribution in [3.8, 4) is 0 Å². The van der Waals surface area contributed by atoms with Gasteiger partial charge in [0.05, 0.1) is 13.0 Å². The molecule has 1 amide bonds. The van der Waals surface area contributed by atoms with Gasteiger partial charge in [-0.25, -0.2) is 0 Å². The number of hydrogen-bond acceptors (Lipinski definition) is 4. The Labute approximate surface area is 123 Å². The summed E-state index contributed by atoms with van der Waals surface area (Å²) in [6.07, 6.45) is 3.92. The summed E-state index contributed by atoms with van der Waals surface area (Å²) >= 11 is 1.74.